The molecular formula is C11H22O2. The van der Waals surface area contributed by atoms with E-state index in [0.717, 1.165) is 18.8 Å². The highest BCUT2D eigenvalue weighted by atomic mass is 16.3. The molecule has 0 bridgehead atoms. The molecule has 1 fully saturated rings. The molecule has 0 amide bonds. The zero-order valence-corrected chi connectivity index (χ0v) is 8.90. The van der Waals surface area contributed by atoms with Gasteiger partial charge < -0.3 is 10.2 Å². The summed E-state index contributed by atoms with van der Waals surface area (Å²) >= 11 is 0. The maximum absolute atomic E-state index is 9.71. The molecule has 2 heteroatoms. The second-order valence-electron chi connectivity index (χ2n) is 4.76. The number of hydrogen-bond donors (Lipinski definition) is 2. The Labute approximate surface area is 81.0 Å². The SMILES string of the molecule is CC(O)C(O)C1CCC(C)C(C)C1. The highest BCUT2D eigenvalue weighted by Crippen LogP contribution is 2.35. The molecule has 0 heterocycles. The van der Waals surface area contributed by atoms with Crippen LogP contribution >= 0.6 is 0 Å². The van der Waals surface area contributed by atoms with Gasteiger partial charge in [0.1, 0.15) is 0 Å². The molecule has 0 radical (unpaired) electrons. The van der Waals surface area contributed by atoms with Crippen molar-refractivity contribution in [2.24, 2.45) is 17.8 Å². The monoisotopic (exact) mass is 186 g/mol. The van der Waals surface area contributed by atoms with Crippen molar-refractivity contribution in [1.82, 2.24) is 0 Å². The topological polar surface area (TPSA) is 40.5 Å². The lowest BCUT2D eigenvalue weighted by molar-refractivity contribution is -0.0288. The molecule has 2 nitrogen and oxygen atoms in total. The summed E-state index contributed by atoms with van der Waals surface area (Å²) in [4.78, 5) is 0. The van der Waals surface area contributed by atoms with E-state index in [1.54, 1.807) is 6.92 Å². The normalized spacial score (nSPS) is 39.9. The quantitative estimate of drug-likeness (QED) is 0.690. The van der Waals surface area contributed by atoms with Gasteiger partial charge in [-0.2, -0.15) is 0 Å². The molecule has 0 aromatic heterocycles. The summed E-state index contributed by atoms with van der Waals surface area (Å²) in [6.45, 7) is 6.19. The molecule has 1 aliphatic carbocycles. The molecule has 0 aromatic carbocycles. The van der Waals surface area contributed by atoms with E-state index < -0.39 is 12.2 Å². The summed E-state index contributed by atoms with van der Waals surface area (Å²) in [5, 5.41) is 19.0. The van der Waals surface area contributed by atoms with E-state index in [1.807, 2.05) is 0 Å². The van der Waals surface area contributed by atoms with Crippen LogP contribution in [0.15, 0.2) is 0 Å². The Morgan fingerprint density at radius 3 is 2.15 bits per heavy atom. The molecule has 1 saturated carbocycles. The summed E-state index contributed by atoms with van der Waals surface area (Å²) in [6, 6.07) is 0. The zero-order chi connectivity index (χ0) is 10.0. The summed E-state index contributed by atoms with van der Waals surface area (Å²) < 4.78 is 0. The van der Waals surface area contributed by atoms with Crippen LogP contribution in [0.5, 0.6) is 0 Å². The third-order valence-electron chi connectivity index (χ3n) is 3.62. The van der Waals surface area contributed by atoms with Crippen LogP contribution in [0.1, 0.15) is 40.0 Å². The average Bonchev–Trinajstić information content (AvgIpc) is 2.08. The van der Waals surface area contributed by atoms with Crippen LogP contribution in [0, 0.1) is 17.8 Å². The van der Waals surface area contributed by atoms with Gasteiger partial charge in [0.05, 0.1) is 12.2 Å². The maximum atomic E-state index is 9.71. The molecule has 0 spiro atoms. The minimum atomic E-state index is -0.578. The van der Waals surface area contributed by atoms with Crippen LogP contribution < -0.4 is 0 Å². The molecule has 1 aliphatic rings. The predicted molar refractivity (Wildman–Crippen MR) is 53.4 cm³/mol. The van der Waals surface area contributed by atoms with Crippen molar-refractivity contribution in [2.75, 3.05) is 0 Å². The molecule has 1 rings (SSSR count). The third-order valence-corrected chi connectivity index (χ3v) is 3.62. The lowest BCUT2D eigenvalue weighted by atomic mass is 9.73. The zero-order valence-electron chi connectivity index (χ0n) is 8.90. The predicted octanol–water partition coefficient (Wildman–Crippen LogP) is 1.80. The van der Waals surface area contributed by atoms with E-state index in [4.69, 9.17) is 0 Å². The van der Waals surface area contributed by atoms with E-state index in [-0.39, 0.29) is 0 Å². The van der Waals surface area contributed by atoms with E-state index in [9.17, 15) is 10.2 Å². The van der Waals surface area contributed by atoms with Crippen molar-refractivity contribution in [3.63, 3.8) is 0 Å². The fourth-order valence-electron chi connectivity index (χ4n) is 2.29. The van der Waals surface area contributed by atoms with Crippen molar-refractivity contribution >= 4 is 0 Å². The molecule has 0 aliphatic heterocycles. The van der Waals surface area contributed by atoms with Crippen molar-refractivity contribution in [2.45, 2.75) is 52.2 Å². The lowest BCUT2D eigenvalue weighted by Gasteiger charge is -2.35. The molecule has 2 N–H and O–H groups in total. The molecule has 0 aromatic rings. The Morgan fingerprint density at radius 1 is 1.08 bits per heavy atom. The first kappa shape index (κ1) is 11.0. The van der Waals surface area contributed by atoms with Crippen LogP contribution in [0.25, 0.3) is 0 Å². The molecule has 5 unspecified atom stereocenters. The van der Waals surface area contributed by atoms with Crippen LogP contribution in [0.3, 0.4) is 0 Å². The third kappa shape index (κ3) is 2.68. The Morgan fingerprint density at radius 2 is 1.69 bits per heavy atom. The van der Waals surface area contributed by atoms with Gasteiger partial charge in [-0.3, -0.25) is 0 Å². The average molecular weight is 186 g/mol. The lowest BCUT2D eigenvalue weighted by Crippen LogP contribution is -2.35. The molecular weight excluding hydrogens is 164 g/mol. The van der Waals surface area contributed by atoms with Gasteiger partial charge in [0, 0.05) is 0 Å². The van der Waals surface area contributed by atoms with Crippen LogP contribution in [0.2, 0.25) is 0 Å². The standard InChI is InChI=1S/C11H22O2/c1-7-4-5-10(6-8(7)2)11(13)9(3)12/h7-13H,4-6H2,1-3H3. The first-order valence-electron chi connectivity index (χ1n) is 5.38. The summed E-state index contributed by atoms with van der Waals surface area (Å²) in [7, 11) is 0. The fourth-order valence-corrected chi connectivity index (χ4v) is 2.29. The molecule has 13 heavy (non-hydrogen) atoms. The van der Waals surface area contributed by atoms with Gasteiger partial charge in [-0.15, -0.1) is 0 Å². The van der Waals surface area contributed by atoms with E-state index in [0.29, 0.717) is 11.8 Å². The van der Waals surface area contributed by atoms with E-state index in [1.165, 1.54) is 6.42 Å². The number of aliphatic hydroxyl groups is 2. The first-order valence-corrected chi connectivity index (χ1v) is 5.38. The van der Waals surface area contributed by atoms with E-state index in [2.05, 4.69) is 13.8 Å². The van der Waals surface area contributed by atoms with Gasteiger partial charge in [-0.1, -0.05) is 20.3 Å². The van der Waals surface area contributed by atoms with Gasteiger partial charge in [-0.25, -0.2) is 0 Å². The van der Waals surface area contributed by atoms with Gasteiger partial charge in [0.25, 0.3) is 0 Å². The minimum Gasteiger partial charge on any atom is -0.391 e. The fraction of sp³-hybridized carbons (Fsp3) is 1.00. The van der Waals surface area contributed by atoms with Crippen molar-refractivity contribution < 1.29 is 10.2 Å². The summed E-state index contributed by atoms with van der Waals surface area (Å²) in [6.07, 6.45) is 2.22. The van der Waals surface area contributed by atoms with Gasteiger partial charge in [-0.05, 0) is 37.5 Å². The first-order chi connectivity index (χ1) is 6.02. The van der Waals surface area contributed by atoms with Crippen molar-refractivity contribution in [3.05, 3.63) is 0 Å². The number of aliphatic hydroxyl groups excluding tert-OH is 2. The largest absolute Gasteiger partial charge is 0.391 e. The number of hydrogen-bond acceptors (Lipinski definition) is 2. The molecule has 0 saturated heterocycles. The van der Waals surface area contributed by atoms with Crippen LogP contribution in [-0.4, -0.2) is 22.4 Å². The Hall–Kier alpha value is -0.0800. The van der Waals surface area contributed by atoms with Gasteiger partial charge in [0.15, 0.2) is 0 Å². The maximum Gasteiger partial charge on any atom is 0.0824 e. The summed E-state index contributed by atoms with van der Waals surface area (Å²) in [5.41, 5.74) is 0. The molecule has 78 valence electrons. The van der Waals surface area contributed by atoms with Gasteiger partial charge in [0.2, 0.25) is 0 Å². The Balaban J connectivity index is 2.45. The highest BCUT2D eigenvalue weighted by Gasteiger charge is 2.30. The second kappa shape index (κ2) is 4.43. The number of rotatable bonds is 2. The Kier molecular flexibility index (Phi) is 3.74. The van der Waals surface area contributed by atoms with Crippen molar-refractivity contribution in [3.8, 4) is 0 Å². The minimum absolute atomic E-state index is 0.311. The van der Waals surface area contributed by atoms with Crippen LogP contribution in [0.4, 0.5) is 0 Å². The highest BCUT2D eigenvalue weighted by molar-refractivity contribution is 4.81. The summed E-state index contributed by atoms with van der Waals surface area (Å²) in [5.74, 6) is 1.77. The molecule has 5 atom stereocenters. The van der Waals surface area contributed by atoms with E-state index >= 15 is 0 Å². The van der Waals surface area contributed by atoms with Crippen LogP contribution in [-0.2, 0) is 0 Å². The smallest absolute Gasteiger partial charge is 0.0824 e. The Bertz CT molecular complexity index is 156. The van der Waals surface area contributed by atoms with Crippen molar-refractivity contribution in [1.29, 1.82) is 0 Å². The second-order valence-corrected chi connectivity index (χ2v) is 4.76. The van der Waals surface area contributed by atoms with Gasteiger partial charge >= 0.3 is 0 Å².